The van der Waals surface area contributed by atoms with Crippen LogP contribution < -0.4 is 0 Å². The Morgan fingerprint density at radius 1 is 1.42 bits per heavy atom. The average Bonchev–Trinajstić information content (AvgIpc) is 2.06. The predicted octanol–water partition coefficient (Wildman–Crippen LogP) is 2.48. The first-order valence-electron chi connectivity index (χ1n) is 3.52. The lowest BCUT2D eigenvalue weighted by atomic mass is 10.1. The Hall–Kier alpha value is -1.02. The maximum atomic E-state index is 9.88. The van der Waals surface area contributed by atoms with Gasteiger partial charge in [-0.15, -0.1) is 0 Å². The van der Waals surface area contributed by atoms with E-state index in [1.807, 2.05) is 12.1 Å². The first-order valence-corrected chi connectivity index (χ1v) is 3.90. The van der Waals surface area contributed by atoms with Crippen molar-refractivity contribution in [2.24, 2.45) is 0 Å². The van der Waals surface area contributed by atoms with Crippen LogP contribution in [0.25, 0.3) is 0 Å². The van der Waals surface area contributed by atoms with Crippen LogP contribution in [0.3, 0.4) is 0 Å². The molecule has 1 radical (unpaired) electrons. The second-order valence-electron chi connectivity index (χ2n) is 2.39. The van der Waals surface area contributed by atoms with Crippen molar-refractivity contribution in [1.82, 2.24) is 0 Å². The van der Waals surface area contributed by atoms with Crippen LogP contribution in [0.1, 0.15) is 18.6 Å². The summed E-state index contributed by atoms with van der Waals surface area (Å²) in [5, 5.41) is 0.668. The van der Waals surface area contributed by atoms with Crippen LogP contribution in [-0.2, 0) is 9.53 Å². The molecule has 1 atom stereocenters. The number of carbonyl (C=O) groups excluding carboxylic acids is 1. The molecule has 0 N–H and O–H groups in total. The van der Waals surface area contributed by atoms with E-state index in [0.717, 1.165) is 5.56 Å². The molecule has 2 nitrogen and oxygen atoms in total. The van der Waals surface area contributed by atoms with E-state index in [1.54, 1.807) is 19.1 Å². The smallest absolute Gasteiger partial charge is 0.418 e. The molecule has 0 aromatic heterocycles. The number of halogens is 1. The molecule has 0 bridgehead atoms. The van der Waals surface area contributed by atoms with Gasteiger partial charge in [0.05, 0.1) is 0 Å². The Kier molecular flexibility index (Phi) is 3.11. The van der Waals surface area contributed by atoms with Gasteiger partial charge in [0.25, 0.3) is 0 Å². The van der Waals surface area contributed by atoms with Crippen molar-refractivity contribution in [2.75, 3.05) is 0 Å². The summed E-state index contributed by atoms with van der Waals surface area (Å²) in [6, 6.07) is 7.12. The number of hydrogen-bond acceptors (Lipinski definition) is 2. The second-order valence-corrected chi connectivity index (χ2v) is 2.83. The van der Waals surface area contributed by atoms with Crippen LogP contribution in [0, 0.1) is 0 Å². The lowest BCUT2D eigenvalue weighted by molar-refractivity contribution is 0.198. The topological polar surface area (TPSA) is 26.3 Å². The lowest BCUT2D eigenvalue weighted by Gasteiger charge is -2.07. The summed E-state index contributed by atoms with van der Waals surface area (Å²) in [6.07, 6.45) is -0.264. The lowest BCUT2D eigenvalue weighted by Crippen LogP contribution is -1.97. The fourth-order valence-electron chi connectivity index (χ4n) is 0.874. The molecule has 1 rings (SSSR count). The first kappa shape index (κ1) is 9.07. The van der Waals surface area contributed by atoms with E-state index in [-0.39, 0.29) is 6.10 Å². The van der Waals surface area contributed by atoms with E-state index in [9.17, 15) is 4.79 Å². The summed E-state index contributed by atoms with van der Waals surface area (Å²) in [4.78, 5) is 9.88. The minimum atomic E-state index is -0.264. The second kappa shape index (κ2) is 4.12. The maximum Gasteiger partial charge on any atom is 0.418 e. The SMILES string of the molecule is CC(O[C]=O)c1ccc(Cl)cc1. The van der Waals surface area contributed by atoms with Crippen LogP contribution in [0.4, 0.5) is 0 Å². The van der Waals surface area contributed by atoms with Crippen molar-refractivity contribution >= 4 is 18.1 Å². The minimum absolute atomic E-state index is 0.264. The molecule has 1 aromatic rings. The van der Waals surface area contributed by atoms with Gasteiger partial charge in [-0.1, -0.05) is 23.7 Å². The molecule has 0 aliphatic carbocycles. The van der Waals surface area contributed by atoms with Crippen molar-refractivity contribution in [3.05, 3.63) is 34.9 Å². The number of rotatable bonds is 3. The fraction of sp³-hybridized carbons (Fsp3) is 0.222. The minimum Gasteiger partial charge on any atom is -0.449 e. The van der Waals surface area contributed by atoms with Crippen molar-refractivity contribution < 1.29 is 9.53 Å². The Morgan fingerprint density at radius 3 is 2.50 bits per heavy atom. The number of hydrogen-bond donors (Lipinski definition) is 0. The first-order chi connectivity index (χ1) is 5.74. The maximum absolute atomic E-state index is 9.88. The largest absolute Gasteiger partial charge is 0.449 e. The molecule has 0 fully saturated rings. The number of ether oxygens (including phenoxy) is 1. The van der Waals surface area contributed by atoms with E-state index >= 15 is 0 Å². The van der Waals surface area contributed by atoms with Gasteiger partial charge in [-0.3, -0.25) is 0 Å². The van der Waals surface area contributed by atoms with E-state index in [0.29, 0.717) is 5.02 Å². The highest BCUT2D eigenvalue weighted by molar-refractivity contribution is 6.30. The molecule has 0 saturated heterocycles. The molecule has 0 spiro atoms. The van der Waals surface area contributed by atoms with Gasteiger partial charge in [-0.2, -0.15) is 0 Å². The Bertz CT molecular complexity index is 256. The van der Waals surface area contributed by atoms with Crippen molar-refractivity contribution in [3.8, 4) is 0 Å². The van der Waals surface area contributed by atoms with E-state index in [4.69, 9.17) is 11.6 Å². The summed E-state index contributed by atoms with van der Waals surface area (Å²) >= 11 is 5.68. The highest BCUT2D eigenvalue weighted by Crippen LogP contribution is 2.17. The summed E-state index contributed by atoms with van der Waals surface area (Å²) in [7, 11) is 0. The van der Waals surface area contributed by atoms with Gasteiger partial charge >= 0.3 is 6.47 Å². The third-order valence-corrected chi connectivity index (χ3v) is 1.82. The molecule has 3 heteroatoms. The summed E-state index contributed by atoms with van der Waals surface area (Å²) in [6.45, 7) is 3.17. The molecular weight excluding hydrogens is 176 g/mol. The molecule has 0 heterocycles. The van der Waals surface area contributed by atoms with Crippen LogP contribution >= 0.6 is 11.6 Å². The van der Waals surface area contributed by atoms with Gasteiger partial charge in [0, 0.05) is 5.02 Å². The molecule has 0 aliphatic heterocycles. The third kappa shape index (κ3) is 2.24. The fourth-order valence-corrected chi connectivity index (χ4v) is 1.000. The van der Waals surface area contributed by atoms with E-state index in [1.165, 1.54) is 6.47 Å². The zero-order chi connectivity index (χ0) is 8.97. The molecule has 0 amide bonds. The van der Waals surface area contributed by atoms with Gasteiger partial charge < -0.3 is 4.74 Å². The van der Waals surface area contributed by atoms with Gasteiger partial charge in [0.2, 0.25) is 0 Å². The summed E-state index contributed by atoms with van der Waals surface area (Å²) in [5.74, 6) is 0. The highest BCUT2D eigenvalue weighted by Gasteiger charge is 2.04. The molecular formula is C9H8ClO2. The van der Waals surface area contributed by atoms with E-state index in [2.05, 4.69) is 4.74 Å². The average molecular weight is 184 g/mol. The van der Waals surface area contributed by atoms with Crippen molar-refractivity contribution in [1.29, 1.82) is 0 Å². The van der Waals surface area contributed by atoms with Crippen molar-refractivity contribution in [2.45, 2.75) is 13.0 Å². The molecule has 0 aliphatic rings. The summed E-state index contributed by atoms with van der Waals surface area (Å²) in [5.41, 5.74) is 0.905. The van der Waals surface area contributed by atoms with Gasteiger partial charge in [0.1, 0.15) is 6.10 Å². The van der Waals surface area contributed by atoms with Gasteiger partial charge in [-0.05, 0) is 24.6 Å². The van der Waals surface area contributed by atoms with Gasteiger partial charge in [0.15, 0.2) is 0 Å². The molecule has 1 aromatic carbocycles. The van der Waals surface area contributed by atoms with Crippen LogP contribution in [0.2, 0.25) is 5.02 Å². The third-order valence-electron chi connectivity index (χ3n) is 1.56. The Balaban J connectivity index is 2.74. The standard InChI is InChI=1S/C9H8ClO2/c1-7(12-6-11)8-2-4-9(10)5-3-8/h2-5,7H,1H3. The quantitative estimate of drug-likeness (QED) is 0.720. The van der Waals surface area contributed by atoms with Crippen molar-refractivity contribution in [3.63, 3.8) is 0 Å². The monoisotopic (exact) mass is 183 g/mol. The molecule has 1 unspecified atom stereocenters. The van der Waals surface area contributed by atoms with Gasteiger partial charge in [-0.25, -0.2) is 4.79 Å². The normalized spacial score (nSPS) is 12.2. The Morgan fingerprint density at radius 2 is 2.00 bits per heavy atom. The van der Waals surface area contributed by atoms with E-state index < -0.39 is 0 Å². The molecule has 63 valence electrons. The van der Waals surface area contributed by atoms with Crippen LogP contribution in [0.5, 0.6) is 0 Å². The highest BCUT2D eigenvalue weighted by atomic mass is 35.5. The van der Waals surface area contributed by atoms with Crippen LogP contribution in [-0.4, -0.2) is 6.47 Å². The zero-order valence-corrected chi connectivity index (χ0v) is 7.34. The molecule has 12 heavy (non-hydrogen) atoms. The Labute approximate surface area is 76.1 Å². The molecule has 0 saturated carbocycles. The number of benzene rings is 1. The van der Waals surface area contributed by atoms with Crippen LogP contribution in [0.15, 0.2) is 24.3 Å². The summed E-state index contributed by atoms with van der Waals surface area (Å²) < 4.78 is 4.62. The predicted molar refractivity (Wildman–Crippen MR) is 46.6 cm³/mol. The zero-order valence-electron chi connectivity index (χ0n) is 6.58.